The number of aryl methyl sites for hydroxylation is 3. The highest BCUT2D eigenvalue weighted by Gasteiger charge is 2.06. The number of carbonyl (C=O) groups excluding carboxylic acids is 1. The first-order chi connectivity index (χ1) is 11.5. The number of nitrogens with one attached hydrogen (secondary N) is 1. The molecule has 0 bridgehead atoms. The van der Waals surface area contributed by atoms with Crippen LogP contribution in [0.2, 0.25) is 0 Å². The van der Waals surface area contributed by atoms with Crippen molar-refractivity contribution < 1.29 is 4.79 Å². The van der Waals surface area contributed by atoms with E-state index in [9.17, 15) is 4.79 Å². The predicted octanol–water partition coefficient (Wildman–Crippen LogP) is 3.49. The fraction of sp³-hybridized carbons (Fsp3) is 0.200. The summed E-state index contributed by atoms with van der Waals surface area (Å²) in [5, 5.41) is 5.23. The van der Waals surface area contributed by atoms with Gasteiger partial charge in [0.1, 0.15) is 0 Å². The third-order valence-corrected chi connectivity index (χ3v) is 4.17. The van der Waals surface area contributed by atoms with E-state index in [1.807, 2.05) is 62.0 Å². The number of benzene rings is 2. The molecule has 1 N–H and O–H groups in total. The summed E-state index contributed by atoms with van der Waals surface area (Å²) < 4.78 is 2.05. The second kappa shape index (κ2) is 6.71. The molecule has 1 heterocycles. The van der Waals surface area contributed by atoms with E-state index in [1.54, 1.807) is 6.21 Å². The van der Waals surface area contributed by atoms with Gasteiger partial charge in [0.2, 0.25) is 5.91 Å². The van der Waals surface area contributed by atoms with E-state index in [-0.39, 0.29) is 5.91 Å². The summed E-state index contributed by atoms with van der Waals surface area (Å²) in [6.07, 6.45) is 4.03. The molecular formula is C20H21N3O. The van der Waals surface area contributed by atoms with Crippen LogP contribution in [0.15, 0.2) is 53.8 Å². The number of nitrogens with zero attached hydrogens (tertiary/aromatic N) is 2. The number of aromatic nitrogens is 1. The summed E-state index contributed by atoms with van der Waals surface area (Å²) in [6.45, 7) is 4.07. The van der Waals surface area contributed by atoms with Crippen LogP contribution in [0.1, 0.15) is 22.3 Å². The molecule has 2 aromatic carbocycles. The van der Waals surface area contributed by atoms with Crippen LogP contribution in [-0.2, 0) is 18.3 Å². The van der Waals surface area contributed by atoms with E-state index in [4.69, 9.17) is 0 Å². The van der Waals surface area contributed by atoms with E-state index < -0.39 is 0 Å². The van der Waals surface area contributed by atoms with E-state index in [1.165, 1.54) is 5.56 Å². The molecule has 0 fully saturated rings. The van der Waals surface area contributed by atoms with Crippen LogP contribution < -0.4 is 5.43 Å². The zero-order chi connectivity index (χ0) is 17.1. The lowest BCUT2D eigenvalue weighted by atomic mass is 10.0. The molecule has 0 aliphatic carbocycles. The largest absolute Gasteiger partial charge is 0.350 e. The second-order valence-electron chi connectivity index (χ2n) is 6.11. The monoisotopic (exact) mass is 319 g/mol. The Labute approximate surface area is 141 Å². The number of amides is 1. The average molecular weight is 319 g/mol. The van der Waals surface area contributed by atoms with Gasteiger partial charge in [0.15, 0.2) is 0 Å². The van der Waals surface area contributed by atoms with Gasteiger partial charge in [-0.3, -0.25) is 4.79 Å². The molecule has 0 atom stereocenters. The smallest absolute Gasteiger partial charge is 0.244 e. The Balaban J connectivity index is 1.68. The molecule has 0 radical (unpaired) electrons. The first-order valence-corrected chi connectivity index (χ1v) is 7.96. The van der Waals surface area contributed by atoms with Gasteiger partial charge in [-0.25, -0.2) is 5.43 Å². The Bertz CT molecular complexity index is 922. The molecule has 1 aromatic heterocycles. The minimum Gasteiger partial charge on any atom is -0.350 e. The highest BCUT2D eigenvalue weighted by molar-refractivity contribution is 5.99. The summed E-state index contributed by atoms with van der Waals surface area (Å²) in [5.41, 5.74) is 8.10. The summed E-state index contributed by atoms with van der Waals surface area (Å²) >= 11 is 0. The molecule has 122 valence electrons. The Hall–Kier alpha value is -2.88. The van der Waals surface area contributed by atoms with Gasteiger partial charge in [-0.15, -0.1) is 0 Å². The zero-order valence-corrected chi connectivity index (χ0v) is 14.2. The molecule has 4 nitrogen and oxygen atoms in total. The number of fused-ring (bicyclic) bond motifs is 1. The van der Waals surface area contributed by atoms with E-state index in [2.05, 4.69) is 22.7 Å². The van der Waals surface area contributed by atoms with Gasteiger partial charge in [-0.05, 0) is 31.0 Å². The number of hydrazone groups is 1. The van der Waals surface area contributed by atoms with E-state index in [0.717, 1.165) is 27.6 Å². The number of para-hydroxylation sites is 1. The lowest BCUT2D eigenvalue weighted by Gasteiger charge is -2.05. The number of hydrogen-bond donors (Lipinski definition) is 1. The van der Waals surface area contributed by atoms with Gasteiger partial charge in [0, 0.05) is 29.7 Å². The maximum absolute atomic E-state index is 12.1. The summed E-state index contributed by atoms with van der Waals surface area (Å²) in [7, 11) is 2.00. The standard InChI is InChI=1S/C20H21N3O/c1-14-8-9-16(15(2)10-14)11-20(24)22-21-12-17-13-23(3)19-7-5-4-6-18(17)19/h4-10,12-13H,11H2,1-3H3,(H,22,24)/b21-12+. The maximum Gasteiger partial charge on any atom is 0.244 e. The van der Waals surface area contributed by atoms with Crippen LogP contribution in [0.4, 0.5) is 0 Å². The van der Waals surface area contributed by atoms with E-state index >= 15 is 0 Å². The Morgan fingerprint density at radius 1 is 1.21 bits per heavy atom. The van der Waals surface area contributed by atoms with Crippen LogP contribution in [0.25, 0.3) is 10.9 Å². The molecule has 4 heteroatoms. The number of rotatable bonds is 4. The second-order valence-corrected chi connectivity index (χ2v) is 6.11. The topological polar surface area (TPSA) is 46.4 Å². The van der Waals surface area contributed by atoms with Gasteiger partial charge in [-0.1, -0.05) is 42.0 Å². The van der Waals surface area contributed by atoms with Crippen molar-refractivity contribution in [3.63, 3.8) is 0 Å². The molecule has 3 rings (SSSR count). The highest BCUT2D eigenvalue weighted by Crippen LogP contribution is 2.18. The quantitative estimate of drug-likeness (QED) is 0.581. The maximum atomic E-state index is 12.1. The zero-order valence-electron chi connectivity index (χ0n) is 14.2. The fourth-order valence-corrected chi connectivity index (χ4v) is 2.91. The molecule has 0 saturated carbocycles. The number of carbonyl (C=O) groups is 1. The predicted molar refractivity (Wildman–Crippen MR) is 98.3 cm³/mol. The third-order valence-electron chi connectivity index (χ3n) is 4.17. The van der Waals surface area contributed by atoms with Crippen LogP contribution in [0, 0.1) is 13.8 Å². The van der Waals surface area contributed by atoms with Gasteiger partial charge < -0.3 is 4.57 Å². The van der Waals surface area contributed by atoms with E-state index in [0.29, 0.717) is 6.42 Å². The Kier molecular flexibility index (Phi) is 4.47. The molecule has 24 heavy (non-hydrogen) atoms. The van der Waals surface area contributed by atoms with Crippen molar-refractivity contribution in [2.75, 3.05) is 0 Å². The minimum atomic E-state index is -0.113. The third kappa shape index (κ3) is 3.38. The van der Waals surface area contributed by atoms with Crippen LogP contribution in [0.3, 0.4) is 0 Å². The molecule has 0 spiro atoms. The normalized spacial score (nSPS) is 11.3. The minimum absolute atomic E-state index is 0.113. The Morgan fingerprint density at radius 2 is 2.00 bits per heavy atom. The molecule has 0 aliphatic rings. The highest BCUT2D eigenvalue weighted by atomic mass is 16.2. The Morgan fingerprint density at radius 3 is 2.79 bits per heavy atom. The van der Waals surface area contributed by atoms with Gasteiger partial charge in [-0.2, -0.15) is 5.10 Å². The molecular weight excluding hydrogens is 298 g/mol. The first-order valence-electron chi connectivity index (χ1n) is 7.96. The molecule has 1 amide bonds. The fourth-order valence-electron chi connectivity index (χ4n) is 2.91. The van der Waals surface area contributed by atoms with Crippen molar-refractivity contribution >= 4 is 23.0 Å². The average Bonchev–Trinajstić information content (AvgIpc) is 2.87. The van der Waals surface area contributed by atoms with Crippen LogP contribution >= 0.6 is 0 Å². The van der Waals surface area contributed by atoms with Crippen molar-refractivity contribution in [1.29, 1.82) is 0 Å². The van der Waals surface area contributed by atoms with Crippen molar-refractivity contribution in [2.45, 2.75) is 20.3 Å². The van der Waals surface area contributed by atoms with Crippen molar-refractivity contribution in [3.8, 4) is 0 Å². The lowest BCUT2D eigenvalue weighted by Crippen LogP contribution is -2.20. The van der Waals surface area contributed by atoms with Gasteiger partial charge in [0.05, 0.1) is 12.6 Å². The lowest BCUT2D eigenvalue weighted by molar-refractivity contribution is -0.120. The van der Waals surface area contributed by atoms with Gasteiger partial charge in [0.25, 0.3) is 0 Å². The summed E-state index contributed by atoms with van der Waals surface area (Å²) in [4.78, 5) is 12.1. The number of hydrogen-bond acceptors (Lipinski definition) is 2. The van der Waals surface area contributed by atoms with Gasteiger partial charge >= 0.3 is 0 Å². The molecule has 3 aromatic rings. The van der Waals surface area contributed by atoms with Crippen LogP contribution in [-0.4, -0.2) is 16.7 Å². The molecule has 0 unspecified atom stereocenters. The summed E-state index contributed by atoms with van der Waals surface area (Å²) in [5.74, 6) is -0.113. The summed E-state index contributed by atoms with van der Waals surface area (Å²) in [6, 6.07) is 14.2. The molecule has 0 saturated heterocycles. The van der Waals surface area contributed by atoms with Crippen LogP contribution in [0.5, 0.6) is 0 Å². The van der Waals surface area contributed by atoms with Crippen molar-refractivity contribution in [2.24, 2.45) is 12.1 Å². The van der Waals surface area contributed by atoms with Crippen molar-refractivity contribution in [1.82, 2.24) is 9.99 Å². The first kappa shape index (κ1) is 16.0. The molecule has 0 aliphatic heterocycles. The SMILES string of the molecule is Cc1ccc(CC(=O)N/N=C/c2cn(C)c3ccccc23)c(C)c1. The van der Waals surface area contributed by atoms with Crippen molar-refractivity contribution in [3.05, 3.63) is 70.9 Å².